The molecule has 0 radical (unpaired) electrons. The molecule has 3 N–H and O–H groups in total. The summed E-state index contributed by atoms with van der Waals surface area (Å²) in [6.07, 6.45) is 1.75. The zero-order chi connectivity index (χ0) is 36.0. The maximum Gasteiger partial charge on any atom is 0.308 e. The second-order valence-electron chi connectivity index (χ2n) is 13.6. The van der Waals surface area contributed by atoms with Crippen molar-refractivity contribution in [2.45, 2.75) is 13.8 Å². The molecule has 2 aliphatic rings. The quantitative estimate of drug-likeness (QED) is 0.175. The van der Waals surface area contributed by atoms with E-state index in [-0.39, 0.29) is 0 Å². The fraction of sp³-hybridized carbons (Fsp3) is 0.293. The molecule has 0 atom stereocenters. The van der Waals surface area contributed by atoms with Crippen LogP contribution < -0.4 is 25.6 Å². The van der Waals surface area contributed by atoms with Gasteiger partial charge in [-0.2, -0.15) is 9.97 Å². The number of rotatable bonds is 7. The van der Waals surface area contributed by atoms with Crippen LogP contribution in [0.1, 0.15) is 11.1 Å². The van der Waals surface area contributed by atoms with E-state index in [4.69, 9.17) is 20.4 Å². The van der Waals surface area contributed by atoms with Gasteiger partial charge < -0.3 is 35.4 Å². The van der Waals surface area contributed by atoms with Crippen molar-refractivity contribution in [1.82, 2.24) is 29.3 Å². The molecule has 0 unspecified atom stereocenters. The third-order valence-corrected chi connectivity index (χ3v) is 9.76. The molecule has 0 aliphatic carbocycles. The summed E-state index contributed by atoms with van der Waals surface area (Å²) >= 11 is 0. The van der Waals surface area contributed by atoms with Crippen molar-refractivity contribution in [1.29, 1.82) is 0 Å². The second kappa shape index (κ2) is 15.7. The van der Waals surface area contributed by atoms with Crippen LogP contribution in [0.2, 0.25) is 0 Å². The number of hydrogen-bond donors (Lipinski definition) is 2. The molecule has 6 aromatic rings. The number of anilines is 5. The molecule has 11 heteroatoms. The van der Waals surface area contributed by atoms with Gasteiger partial charge >= 0.3 is 6.01 Å². The van der Waals surface area contributed by atoms with Crippen molar-refractivity contribution < 1.29 is 4.74 Å². The minimum absolute atomic E-state index is 0.463. The topological polar surface area (TPSA) is 104 Å². The van der Waals surface area contributed by atoms with E-state index >= 15 is 0 Å². The number of aromatic nitrogens is 4. The molecule has 11 nitrogen and oxygen atoms in total. The zero-order valence-electron chi connectivity index (χ0n) is 30.5. The first-order valence-electron chi connectivity index (χ1n) is 18.0. The van der Waals surface area contributed by atoms with Crippen molar-refractivity contribution >= 4 is 39.7 Å². The fourth-order valence-electron chi connectivity index (χ4n) is 6.58. The molecule has 52 heavy (non-hydrogen) atoms. The number of nitrogen functional groups attached to an aromatic ring is 1. The van der Waals surface area contributed by atoms with Crippen LogP contribution >= 0.6 is 0 Å². The van der Waals surface area contributed by atoms with Crippen LogP contribution in [-0.4, -0.2) is 95.8 Å². The summed E-state index contributed by atoms with van der Waals surface area (Å²) in [4.78, 5) is 23.6. The van der Waals surface area contributed by atoms with E-state index in [0.29, 0.717) is 17.8 Å². The molecule has 4 aromatic carbocycles. The van der Waals surface area contributed by atoms with Gasteiger partial charge in [0.25, 0.3) is 0 Å². The van der Waals surface area contributed by atoms with E-state index in [1.54, 1.807) is 6.20 Å². The van der Waals surface area contributed by atoms with Gasteiger partial charge in [-0.3, -0.25) is 0 Å². The van der Waals surface area contributed by atoms with E-state index in [1.165, 1.54) is 11.4 Å². The smallest absolute Gasteiger partial charge is 0.308 e. The van der Waals surface area contributed by atoms with E-state index in [1.807, 2.05) is 79.1 Å². The average Bonchev–Trinajstić information content (AvgIpc) is 3.53. The number of ether oxygens (including phenoxy) is 1. The molecule has 8 rings (SSSR count). The van der Waals surface area contributed by atoms with Crippen LogP contribution in [0, 0.1) is 13.8 Å². The van der Waals surface area contributed by atoms with Crippen molar-refractivity contribution in [2.75, 3.05) is 87.3 Å². The first kappa shape index (κ1) is 34.8. The Bertz CT molecular complexity index is 2060. The number of likely N-dealkylation sites (N-methyl/N-ethyl adjacent to an activating group) is 2. The Kier molecular flexibility index (Phi) is 10.5. The number of nitrogens with two attached hydrogens (primary N) is 1. The normalized spacial score (nSPS) is 15.3. The SMILES string of the molecule is CN1CCN(c2ccc(N)cc2)CC1.Cc1cccc(C)c1Oc1nc2ccccc2n1-c1ccnc(Nc2ccc(N3CCN(C)CC3)cc2)n1. The Hall–Kier alpha value is -5.65. The van der Waals surface area contributed by atoms with Gasteiger partial charge in [-0.25, -0.2) is 9.55 Å². The van der Waals surface area contributed by atoms with Crippen LogP contribution in [0.15, 0.2) is 103 Å². The summed E-state index contributed by atoms with van der Waals surface area (Å²) < 4.78 is 8.34. The number of imidazole rings is 1. The van der Waals surface area contributed by atoms with Crippen molar-refractivity contribution in [3.05, 3.63) is 114 Å². The summed E-state index contributed by atoms with van der Waals surface area (Å²) in [5.74, 6) is 1.98. The highest BCUT2D eigenvalue weighted by atomic mass is 16.5. The average molecular weight is 697 g/mol. The largest absolute Gasteiger partial charge is 0.425 e. The van der Waals surface area contributed by atoms with E-state index < -0.39 is 0 Å². The number of aryl methyl sites for hydroxylation is 2. The zero-order valence-corrected chi connectivity index (χ0v) is 30.5. The Labute approximate surface area is 306 Å². The lowest BCUT2D eigenvalue weighted by Gasteiger charge is -2.34. The predicted octanol–water partition coefficient (Wildman–Crippen LogP) is 6.74. The summed E-state index contributed by atoms with van der Waals surface area (Å²) in [5.41, 5.74) is 13.8. The van der Waals surface area contributed by atoms with Crippen LogP contribution in [0.25, 0.3) is 16.9 Å². The lowest BCUT2D eigenvalue weighted by molar-refractivity contribution is 0.313. The molecule has 2 fully saturated rings. The lowest BCUT2D eigenvalue weighted by atomic mass is 10.1. The molecule has 2 saturated heterocycles. The first-order valence-corrected chi connectivity index (χ1v) is 18.0. The third kappa shape index (κ3) is 8.11. The van der Waals surface area contributed by atoms with Crippen molar-refractivity contribution in [2.24, 2.45) is 0 Å². The number of piperazine rings is 2. The first-order chi connectivity index (χ1) is 25.3. The molecule has 0 amide bonds. The number of nitrogens with zero attached hydrogens (tertiary/aromatic N) is 8. The number of para-hydroxylation sites is 3. The summed E-state index contributed by atoms with van der Waals surface area (Å²) in [5, 5.41) is 3.36. The van der Waals surface area contributed by atoms with Gasteiger partial charge in [0, 0.05) is 87.4 Å². The Morgan fingerprint density at radius 3 is 1.83 bits per heavy atom. The van der Waals surface area contributed by atoms with Crippen LogP contribution in [0.5, 0.6) is 11.8 Å². The number of fused-ring (bicyclic) bond motifs is 1. The summed E-state index contributed by atoms with van der Waals surface area (Å²) in [6, 6.07) is 33.0. The van der Waals surface area contributed by atoms with E-state index in [9.17, 15) is 0 Å². The van der Waals surface area contributed by atoms with Crippen LogP contribution in [0.4, 0.5) is 28.7 Å². The lowest BCUT2D eigenvalue weighted by Crippen LogP contribution is -2.44. The van der Waals surface area contributed by atoms with Gasteiger partial charge in [0.1, 0.15) is 11.6 Å². The Morgan fingerprint density at radius 1 is 0.635 bits per heavy atom. The highest BCUT2D eigenvalue weighted by Gasteiger charge is 2.19. The monoisotopic (exact) mass is 696 g/mol. The van der Waals surface area contributed by atoms with Gasteiger partial charge in [0.2, 0.25) is 5.95 Å². The van der Waals surface area contributed by atoms with Crippen molar-refractivity contribution in [3.8, 4) is 17.6 Å². The summed E-state index contributed by atoms with van der Waals surface area (Å²) in [6.45, 7) is 12.8. The maximum atomic E-state index is 6.41. The molecule has 2 aromatic heterocycles. The summed E-state index contributed by atoms with van der Waals surface area (Å²) in [7, 11) is 4.34. The molecular formula is C41H48N10O. The standard InChI is InChI=1S/C30H31N7O.C11H17N3/c1-21-7-6-8-22(2)28(21)38-30-33-25-9-4-5-10-26(25)37(30)27-15-16-31-29(34-27)32-23-11-13-24(14-12-23)36-19-17-35(3)18-20-36;1-13-6-8-14(9-7-13)11-4-2-10(12)3-5-11/h4-16H,17-20H2,1-3H3,(H,31,32,34);2-5H,6-9,12H2,1H3. The van der Waals surface area contributed by atoms with E-state index in [0.717, 1.165) is 91.6 Å². The number of nitrogens with one attached hydrogen (secondary N) is 1. The molecule has 4 heterocycles. The third-order valence-electron chi connectivity index (χ3n) is 9.76. The number of benzene rings is 4. The molecule has 2 aliphatic heterocycles. The minimum atomic E-state index is 0.463. The van der Waals surface area contributed by atoms with Gasteiger partial charge in [-0.1, -0.05) is 30.3 Å². The molecular weight excluding hydrogens is 649 g/mol. The Morgan fingerprint density at radius 2 is 1.21 bits per heavy atom. The molecule has 268 valence electrons. The van der Waals surface area contributed by atoms with Crippen molar-refractivity contribution in [3.63, 3.8) is 0 Å². The Balaban J connectivity index is 0.000000251. The van der Waals surface area contributed by atoms with Crippen LogP contribution in [-0.2, 0) is 0 Å². The maximum absolute atomic E-state index is 6.41. The number of hydrogen-bond acceptors (Lipinski definition) is 10. The molecule has 0 spiro atoms. The highest BCUT2D eigenvalue weighted by molar-refractivity contribution is 5.79. The van der Waals surface area contributed by atoms with E-state index in [2.05, 4.69) is 80.4 Å². The molecule has 0 bridgehead atoms. The van der Waals surface area contributed by atoms with Gasteiger partial charge in [-0.05, 0) is 99.7 Å². The predicted molar refractivity (Wildman–Crippen MR) is 213 cm³/mol. The van der Waals surface area contributed by atoms with Crippen LogP contribution in [0.3, 0.4) is 0 Å². The van der Waals surface area contributed by atoms with Gasteiger partial charge in [0.05, 0.1) is 11.0 Å². The second-order valence-corrected chi connectivity index (χ2v) is 13.6. The van der Waals surface area contributed by atoms with Gasteiger partial charge in [0.15, 0.2) is 0 Å². The highest BCUT2D eigenvalue weighted by Crippen LogP contribution is 2.33. The molecule has 0 saturated carbocycles. The fourth-order valence-corrected chi connectivity index (χ4v) is 6.58. The van der Waals surface area contributed by atoms with Gasteiger partial charge in [-0.15, -0.1) is 0 Å². The minimum Gasteiger partial charge on any atom is -0.425 e.